The smallest absolute Gasteiger partial charge is 0.0464 e. The van der Waals surface area contributed by atoms with Crippen molar-refractivity contribution < 1.29 is 0 Å². The molecular weight excluding hydrogens is 281 g/mol. The lowest BCUT2D eigenvalue weighted by Gasteiger charge is -1.57. The van der Waals surface area contributed by atoms with Gasteiger partial charge in [0.15, 0.2) is 0 Å². The molecule has 0 aromatic rings. The van der Waals surface area contributed by atoms with Gasteiger partial charge in [0.05, 0.1) is 0 Å². The minimum Gasteiger partial charge on any atom is -0.333 e. The molecule has 0 aliphatic rings. The first kappa shape index (κ1) is 23.9. The first-order valence-corrected chi connectivity index (χ1v) is 9.48. The van der Waals surface area contributed by atoms with E-state index in [9.17, 15) is 0 Å². The van der Waals surface area contributed by atoms with Gasteiger partial charge in [0.2, 0.25) is 0 Å². The van der Waals surface area contributed by atoms with E-state index in [4.69, 9.17) is 5.73 Å². The van der Waals surface area contributed by atoms with Crippen LogP contribution in [-0.2, 0) is 35.4 Å². The zero-order valence-corrected chi connectivity index (χ0v) is 12.4. The van der Waals surface area contributed by atoms with E-state index in [2.05, 4.69) is 52.6 Å². The fourth-order valence-corrected chi connectivity index (χ4v) is 0. The lowest BCUT2D eigenvalue weighted by molar-refractivity contribution is 1.07. The fourth-order valence-electron chi connectivity index (χ4n) is 0. The van der Waals surface area contributed by atoms with Crippen LogP contribution in [0.2, 0.25) is 0 Å². The van der Waals surface area contributed by atoms with Crippen molar-refractivity contribution in [3.05, 3.63) is 0 Å². The SMILES string of the molecule is CN.NCN.NCP=S.S=PP=S. The molecule has 0 saturated heterocycles. The molecule has 0 fully saturated rings. The summed E-state index contributed by atoms with van der Waals surface area (Å²) >= 11 is 13.2. The molecule has 0 spiro atoms. The molecule has 0 aromatic heterocycles. The largest absolute Gasteiger partial charge is 0.333 e. The standard InChI is InChI=1S/CH6N2.CH4NPS.CH5N.P2S2/c2-1-3;2-1-3-4;1-2;3-1-2-4/h1-3H2;1-2H2;2H2,1H3;. The van der Waals surface area contributed by atoms with E-state index < -0.39 is 0 Å². The third-order valence-corrected chi connectivity index (χ3v) is 3.37. The van der Waals surface area contributed by atoms with Crippen LogP contribution < -0.4 is 22.9 Å². The van der Waals surface area contributed by atoms with Crippen molar-refractivity contribution >= 4 is 56.9 Å². The third kappa shape index (κ3) is 151. The van der Waals surface area contributed by atoms with Crippen LogP contribution in [0, 0.1) is 0 Å². The van der Waals surface area contributed by atoms with E-state index in [1.54, 1.807) is 0 Å². The average molecular weight is 296 g/mol. The summed E-state index contributed by atoms with van der Waals surface area (Å²) in [5.74, 6) is 0. The molecule has 0 aromatic carbocycles. The topological polar surface area (TPSA) is 104 Å². The minimum atomic E-state index is 0.250. The summed E-state index contributed by atoms with van der Waals surface area (Å²) in [5, 5.41) is 0. The van der Waals surface area contributed by atoms with Crippen LogP contribution in [0.25, 0.3) is 0 Å². The summed E-state index contributed by atoms with van der Waals surface area (Å²) in [6.45, 7) is 0.250. The molecule has 0 amide bonds. The van der Waals surface area contributed by atoms with E-state index in [-0.39, 0.29) is 6.67 Å². The van der Waals surface area contributed by atoms with Gasteiger partial charge in [0.1, 0.15) is 0 Å². The van der Waals surface area contributed by atoms with Crippen molar-refractivity contribution in [1.29, 1.82) is 0 Å². The van der Waals surface area contributed by atoms with Gasteiger partial charge in [-0.15, -0.1) is 0 Å². The van der Waals surface area contributed by atoms with Crippen molar-refractivity contribution in [1.82, 2.24) is 0 Å². The molecule has 13 heavy (non-hydrogen) atoms. The molecule has 0 heterocycles. The highest BCUT2D eigenvalue weighted by Gasteiger charge is 1.47. The van der Waals surface area contributed by atoms with Gasteiger partial charge in [-0.2, -0.15) is 0 Å². The second-order valence-corrected chi connectivity index (χ2v) is 6.35. The molecule has 0 atom stereocenters. The predicted molar refractivity (Wildman–Crippen MR) is 75.3 cm³/mol. The van der Waals surface area contributed by atoms with Gasteiger partial charge in [0, 0.05) is 27.0 Å². The molecule has 4 nitrogen and oxygen atoms in total. The fraction of sp³-hybridized carbons (Fsp3) is 1.00. The molecule has 0 aliphatic carbocycles. The van der Waals surface area contributed by atoms with Crippen molar-refractivity contribution in [2.45, 2.75) is 0 Å². The van der Waals surface area contributed by atoms with Gasteiger partial charge in [-0.1, -0.05) is 11.8 Å². The van der Waals surface area contributed by atoms with Gasteiger partial charge >= 0.3 is 0 Å². The Labute approximate surface area is 99.6 Å². The van der Waals surface area contributed by atoms with Crippen molar-refractivity contribution in [3.8, 4) is 0 Å². The van der Waals surface area contributed by atoms with Gasteiger partial charge in [-0.3, -0.25) is 0 Å². The van der Waals surface area contributed by atoms with Crippen LogP contribution in [0.3, 0.4) is 0 Å². The van der Waals surface area contributed by atoms with E-state index in [1.165, 1.54) is 7.05 Å². The van der Waals surface area contributed by atoms with Crippen LogP contribution in [0.5, 0.6) is 0 Å². The van der Waals surface area contributed by atoms with E-state index in [0.717, 1.165) is 21.4 Å². The molecule has 80 valence electrons. The maximum Gasteiger partial charge on any atom is 0.0464 e. The molecule has 0 rings (SSSR count). The molecule has 8 N–H and O–H groups in total. The highest BCUT2D eigenvalue weighted by atomic mass is 32.7. The molecule has 0 unspecified atom stereocenters. The van der Waals surface area contributed by atoms with Crippen molar-refractivity contribution in [3.63, 3.8) is 0 Å². The second-order valence-electron chi connectivity index (χ2n) is 0.711. The Morgan fingerprint density at radius 1 is 0.923 bits per heavy atom. The van der Waals surface area contributed by atoms with Gasteiger partial charge < -0.3 is 22.9 Å². The van der Waals surface area contributed by atoms with Crippen molar-refractivity contribution in [2.24, 2.45) is 22.9 Å². The predicted octanol–water partition coefficient (Wildman–Crippen LogP) is 0.465. The highest BCUT2D eigenvalue weighted by Crippen LogP contribution is 2.10. The zero-order chi connectivity index (χ0) is 11.5. The summed E-state index contributed by atoms with van der Waals surface area (Å²) in [7, 11) is 4.10. The maximum atomic E-state index is 4.91. The Bertz CT molecular complexity index is 89.9. The van der Waals surface area contributed by atoms with Crippen LogP contribution in [0.4, 0.5) is 0 Å². The molecule has 0 bridgehead atoms. The van der Waals surface area contributed by atoms with Crippen LogP contribution in [-0.4, -0.2) is 20.0 Å². The van der Waals surface area contributed by atoms with E-state index in [1.807, 2.05) is 0 Å². The summed E-state index contributed by atoms with van der Waals surface area (Å²) in [4.78, 5) is 0. The number of nitrogens with two attached hydrogens (primary N) is 4. The monoisotopic (exact) mass is 296 g/mol. The Morgan fingerprint density at radius 2 is 1.08 bits per heavy atom. The summed E-state index contributed by atoms with van der Waals surface area (Å²) in [5.41, 5.74) is 18.7. The first-order chi connectivity index (χ1) is 6.24. The molecule has 0 radical (unpaired) electrons. The highest BCUT2D eigenvalue weighted by molar-refractivity contribution is 8.40. The Hall–Kier alpha value is 1.40. The molecule has 0 aliphatic heterocycles. The lowest BCUT2D eigenvalue weighted by atomic mass is 11.3. The Morgan fingerprint density at radius 3 is 1.08 bits per heavy atom. The number of rotatable bonds is 2. The second kappa shape index (κ2) is 50.3. The number of hydrogen-bond donors (Lipinski definition) is 4. The molecule has 0 saturated carbocycles. The summed E-state index contributed by atoms with van der Waals surface area (Å²) < 4.78 is 0. The Kier molecular flexibility index (Phi) is 92.5. The minimum absolute atomic E-state index is 0.250. The van der Waals surface area contributed by atoms with Gasteiger partial charge in [0.25, 0.3) is 0 Å². The first-order valence-electron chi connectivity index (χ1n) is 2.87. The van der Waals surface area contributed by atoms with E-state index in [0.29, 0.717) is 6.29 Å². The maximum absolute atomic E-state index is 4.91. The van der Waals surface area contributed by atoms with Crippen LogP contribution in [0.15, 0.2) is 0 Å². The summed E-state index contributed by atoms with van der Waals surface area (Å²) in [6, 6.07) is 0. The lowest BCUT2D eigenvalue weighted by Crippen LogP contribution is -2.08. The molecule has 10 heteroatoms. The zero-order valence-electron chi connectivity index (χ0n) is 7.29. The quantitative estimate of drug-likeness (QED) is 0.433. The summed E-state index contributed by atoms with van der Waals surface area (Å²) in [6.07, 6.45) is 0.606. The third-order valence-electron chi connectivity index (χ3n) is 0.108. The average Bonchev–Trinajstić information content (AvgIpc) is 2.22. The Balaban J connectivity index is -0.0000000431. The molecular formula is C3H15N4P3S3. The van der Waals surface area contributed by atoms with Gasteiger partial charge in [-0.05, 0) is 38.0 Å². The van der Waals surface area contributed by atoms with Crippen LogP contribution in [0.1, 0.15) is 0 Å². The van der Waals surface area contributed by atoms with E-state index >= 15 is 0 Å². The van der Waals surface area contributed by atoms with Crippen molar-refractivity contribution in [2.75, 3.05) is 20.0 Å². The number of hydrogen-bond acceptors (Lipinski definition) is 7. The normalized spacial score (nSPS) is 7.15. The van der Waals surface area contributed by atoms with Gasteiger partial charge in [-0.25, -0.2) is 0 Å². The van der Waals surface area contributed by atoms with Crippen LogP contribution >= 0.6 is 21.4 Å².